The highest BCUT2D eigenvalue weighted by Gasteiger charge is 2.48. The van der Waals surface area contributed by atoms with Gasteiger partial charge >= 0.3 is 5.97 Å². The number of carboxylic acid groups (broad SMARTS) is 1. The van der Waals surface area contributed by atoms with Gasteiger partial charge in [-0.3, -0.25) is 9.00 Å². The lowest BCUT2D eigenvalue weighted by atomic mass is 9.77. The van der Waals surface area contributed by atoms with Crippen molar-refractivity contribution in [1.29, 1.82) is 0 Å². The maximum atomic E-state index is 12.4. The number of thioether (sulfide) groups is 1. The standard InChI is InChI=1S/C18H30O3S2/c19-18(20)6-4-2-1-3-5-14-15(17-10-9-16(14)22-17)12-23(21)11-13-7-8-13/h13-17H,1-12H2,(H,19,20). The number of aliphatic carboxylic acids is 1. The average Bonchev–Trinajstić information content (AvgIpc) is 3.09. The van der Waals surface area contributed by atoms with Crippen molar-refractivity contribution in [2.75, 3.05) is 11.5 Å². The van der Waals surface area contributed by atoms with Crippen LogP contribution in [-0.2, 0) is 15.6 Å². The van der Waals surface area contributed by atoms with Gasteiger partial charge in [-0.05, 0) is 56.3 Å². The molecule has 3 aliphatic rings. The van der Waals surface area contributed by atoms with E-state index >= 15 is 0 Å². The van der Waals surface area contributed by atoms with E-state index < -0.39 is 16.8 Å². The Morgan fingerprint density at radius 3 is 2.35 bits per heavy atom. The normalized spacial score (nSPS) is 33.9. The Bertz CT molecular complexity index is 436. The molecule has 3 rings (SSSR count). The van der Waals surface area contributed by atoms with E-state index in [-0.39, 0.29) is 0 Å². The molecule has 2 bridgehead atoms. The van der Waals surface area contributed by atoms with Crippen molar-refractivity contribution in [3.05, 3.63) is 0 Å². The molecule has 0 aromatic rings. The molecule has 0 aromatic heterocycles. The van der Waals surface area contributed by atoms with Gasteiger partial charge in [-0.1, -0.05) is 19.3 Å². The van der Waals surface area contributed by atoms with Crippen molar-refractivity contribution < 1.29 is 14.1 Å². The lowest BCUT2D eigenvalue weighted by Crippen LogP contribution is -2.32. The number of carbonyl (C=O) groups is 1. The maximum absolute atomic E-state index is 12.4. The van der Waals surface area contributed by atoms with Crippen LogP contribution in [0.15, 0.2) is 0 Å². The van der Waals surface area contributed by atoms with Gasteiger partial charge in [0.25, 0.3) is 0 Å². The van der Waals surface area contributed by atoms with Gasteiger partial charge < -0.3 is 5.11 Å². The van der Waals surface area contributed by atoms with E-state index in [0.29, 0.717) is 12.3 Å². The predicted molar refractivity (Wildman–Crippen MR) is 97.3 cm³/mol. The molecule has 2 saturated heterocycles. The van der Waals surface area contributed by atoms with Crippen molar-refractivity contribution in [1.82, 2.24) is 0 Å². The van der Waals surface area contributed by atoms with E-state index in [1.807, 2.05) is 0 Å². The number of hydrogen-bond acceptors (Lipinski definition) is 3. The summed E-state index contributed by atoms with van der Waals surface area (Å²) in [5, 5.41) is 10.3. The number of unbranched alkanes of at least 4 members (excludes halogenated alkanes) is 3. The van der Waals surface area contributed by atoms with Crippen molar-refractivity contribution in [3.63, 3.8) is 0 Å². The van der Waals surface area contributed by atoms with Crippen LogP contribution < -0.4 is 0 Å². The maximum Gasteiger partial charge on any atom is 0.303 e. The summed E-state index contributed by atoms with van der Waals surface area (Å²) in [4.78, 5) is 10.5. The quantitative estimate of drug-likeness (QED) is 0.565. The Kier molecular flexibility index (Phi) is 6.47. The van der Waals surface area contributed by atoms with Crippen LogP contribution in [-0.4, -0.2) is 37.3 Å². The van der Waals surface area contributed by atoms with Crippen LogP contribution in [0.25, 0.3) is 0 Å². The fourth-order valence-electron chi connectivity index (χ4n) is 4.34. The van der Waals surface area contributed by atoms with Crippen LogP contribution in [0.2, 0.25) is 0 Å². The highest BCUT2D eigenvalue weighted by Crippen LogP contribution is 2.54. The summed E-state index contributed by atoms with van der Waals surface area (Å²) in [6.07, 6.45) is 11.1. The van der Waals surface area contributed by atoms with Gasteiger partial charge in [-0.2, -0.15) is 11.8 Å². The summed E-state index contributed by atoms with van der Waals surface area (Å²) >= 11 is 2.18. The molecule has 5 atom stereocenters. The van der Waals surface area contributed by atoms with E-state index in [1.165, 1.54) is 38.5 Å². The van der Waals surface area contributed by atoms with Gasteiger partial charge in [0.2, 0.25) is 0 Å². The van der Waals surface area contributed by atoms with E-state index in [2.05, 4.69) is 11.8 Å². The first-order chi connectivity index (χ1) is 11.1. The second-order valence-electron chi connectivity index (χ2n) is 7.68. The Balaban J connectivity index is 1.39. The Labute approximate surface area is 146 Å². The van der Waals surface area contributed by atoms with Crippen molar-refractivity contribution >= 4 is 28.5 Å². The topological polar surface area (TPSA) is 54.4 Å². The first-order valence-electron chi connectivity index (χ1n) is 9.35. The van der Waals surface area contributed by atoms with Crippen LogP contribution in [0.4, 0.5) is 0 Å². The highest BCUT2D eigenvalue weighted by molar-refractivity contribution is 8.01. The molecule has 23 heavy (non-hydrogen) atoms. The van der Waals surface area contributed by atoms with Crippen molar-refractivity contribution in [2.45, 2.75) is 74.7 Å². The molecule has 0 radical (unpaired) electrons. The molecule has 1 aliphatic carbocycles. The molecule has 5 unspecified atom stereocenters. The zero-order valence-electron chi connectivity index (χ0n) is 14.0. The monoisotopic (exact) mass is 358 g/mol. The molecule has 0 aromatic carbocycles. The summed E-state index contributed by atoms with van der Waals surface area (Å²) in [5.41, 5.74) is 0. The molecule has 132 valence electrons. The van der Waals surface area contributed by atoms with E-state index in [9.17, 15) is 9.00 Å². The van der Waals surface area contributed by atoms with E-state index in [1.54, 1.807) is 0 Å². The first kappa shape index (κ1) is 17.8. The molecule has 0 spiro atoms. The lowest BCUT2D eigenvalue weighted by molar-refractivity contribution is -0.137. The average molecular weight is 359 g/mol. The third-order valence-electron chi connectivity index (χ3n) is 5.77. The third kappa shape index (κ3) is 5.22. The largest absolute Gasteiger partial charge is 0.481 e. The fourth-order valence-corrected chi connectivity index (χ4v) is 8.40. The highest BCUT2D eigenvalue weighted by atomic mass is 32.2. The minimum absolute atomic E-state index is 0.312. The molecule has 2 aliphatic heterocycles. The molecule has 1 N–H and O–H groups in total. The summed E-state index contributed by atoms with van der Waals surface area (Å²) in [6, 6.07) is 0. The predicted octanol–water partition coefficient (Wildman–Crippen LogP) is 4.08. The minimum Gasteiger partial charge on any atom is -0.481 e. The molecule has 3 fully saturated rings. The lowest BCUT2D eigenvalue weighted by Gasteiger charge is -2.29. The van der Waals surface area contributed by atoms with Crippen LogP contribution in [0.1, 0.15) is 64.2 Å². The molecular formula is C18H30O3S2. The summed E-state index contributed by atoms with van der Waals surface area (Å²) in [7, 11) is -0.594. The smallest absolute Gasteiger partial charge is 0.303 e. The zero-order valence-corrected chi connectivity index (χ0v) is 15.6. The first-order valence-corrected chi connectivity index (χ1v) is 11.8. The Hall–Kier alpha value is -0.0300. The number of hydrogen-bond donors (Lipinski definition) is 1. The summed E-state index contributed by atoms with van der Waals surface area (Å²) in [6.45, 7) is 0. The zero-order chi connectivity index (χ0) is 16.2. The molecular weight excluding hydrogens is 328 g/mol. The van der Waals surface area contributed by atoms with Crippen molar-refractivity contribution in [2.24, 2.45) is 17.8 Å². The molecule has 0 amide bonds. The number of rotatable bonds is 11. The Morgan fingerprint density at radius 1 is 0.957 bits per heavy atom. The second-order valence-corrected chi connectivity index (χ2v) is 10.7. The molecule has 1 saturated carbocycles. The third-order valence-corrected chi connectivity index (χ3v) is 9.23. The van der Waals surface area contributed by atoms with Gasteiger partial charge in [0, 0.05) is 39.2 Å². The fraction of sp³-hybridized carbons (Fsp3) is 0.944. The second kappa shape index (κ2) is 8.37. The number of fused-ring (bicyclic) bond motifs is 2. The van der Waals surface area contributed by atoms with Gasteiger partial charge in [0.05, 0.1) is 0 Å². The van der Waals surface area contributed by atoms with Gasteiger partial charge in [-0.15, -0.1) is 0 Å². The molecule has 5 heteroatoms. The number of carboxylic acids is 1. The Morgan fingerprint density at radius 2 is 1.65 bits per heavy atom. The SMILES string of the molecule is O=C(O)CCCCCCC1C2CCC(S2)C1CS(=O)CC1CC1. The van der Waals surface area contributed by atoms with Crippen LogP contribution in [0.5, 0.6) is 0 Å². The van der Waals surface area contributed by atoms with Gasteiger partial charge in [0.15, 0.2) is 0 Å². The van der Waals surface area contributed by atoms with Crippen molar-refractivity contribution in [3.8, 4) is 0 Å². The summed E-state index contributed by atoms with van der Waals surface area (Å²) in [5.74, 6) is 3.48. The van der Waals surface area contributed by atoms with Crippen LogP contribution in [0, 0.1) is 17.8 Å². The van der Waals surface area contributed by atoms with Crippen LogP contribution in [0.3, 0.4) is 0 Å². The van der Waals surface area contributed by atoms with Gasteiger partial charge in [-0.25, -0.2) is 0 Å². The molecule has 2 heterocycles. The van der Waals surface area contributed by atoms with E-state index in [4.69, 9.17) is 5.11 Å². The minimum atomic E-state index is -0.673. The van der Waals surface area contributed by atoms with Crippen LogP contribution >= 0.6 is 11.8 Å². The summed E-state index contributed by atoms with van der Waals surface area (Å²) < 4.78 is 12.4. The molecule has 3 nitrogen and oxygen atoms in total. The van der Waals surface area contributed by atoms with E-state index in [0.717, 1.165) is 53.1 Å². The van der Waals surface area contributed by atoms with Gasteiger partial charge in [0.1, 0.15) is 0 Å².